The Labute approximate surface area is 126 Å². The average molecular weight is 307 g/mol. The van der Waals surface area contributed by atoms with Gasteiger partial charge in [0.15, 0.2) is 5.69 Å². The van der Waals surface area contributed by atoms with Gasteiger partial charge < -0.3 is 14.8 Å². The Morgan fingerprint density at radius 2 is 2.18 bits per heavy atom. The van der Waals surface area contributed by atoms with E-state index in [4.69, 9.17) is 4.74 Å². The highest BCUT2D eigenvalue weighted by Crippen LogP contribution is 2.21. The van der Waals surface area contributed by atoms with Crippen LogP contribution in [0.15, 0.2) is 6.07 Å². The molecule has 2 rings (SSSR count). The molecular formula is C13H17N5O4. The number of aromatic amines is 1. The van der Waals surface area contributed by atoms with Gasteiger partial charge in [-0.3, -0.25) is 14.6 Å². The normalized spacial score (nSPS) is 10.4. The van der Waals surface area contributed by atoms with E-state index in [2.05, 4.69) is 25.3 Å². The van der Waals surface area contributed by atoms with E-state index in [1.807, 2.05) is 6.92 Å². The topological polar surface area (TPSA) is 111 Å². The van der Waals surface area contributed by atoms with E-state index in [-0.39, 0.29) is 11.4 Å². The Balaban J connectivity index is 2.25. The number of carbonyl (C=O) groups excluding carboxylic acids is 2. The fourth-order valence-electron chi connectivity index (χ4n) is 1.82. The molecule has 2 heterocycles. The van der Waals surface area contributed by atoms with Crippen molar-refractivity contribution in [1.29, 1.82) is 0 Å². The summed E-state index contributed by atoms with van der Waals surface area (Å²) < 4.78 is 11.3. The van der Waals surface area contributed by atoms with Crippen LogP contribution in [0.2, 0.25) is 0 Å². The standard InChI is InChI=1S/C13H17N5O4/c1-5-22-9-6-8(15-16-9)12(19)14-10-7(2)18(3)17-11(10)13(20)21-4/h6H,5H2,1-4H3,(H,14,19)(H,15,16). The molecule has 0 unspecified atom stereocenters. The largest absolute Gasteiger partial charge is 0.477 e. The SMILES string of the molecule is CCOc1cc(C(=O)Nc2c(C(=O)OC)nn(C)c2C)[nH]n1. The second kappa shape index (κ2) is 6.29. The summed E-state index contributed by atoms with van der Waals surface area (Å²) in [6.07, 6.45) is 0. The minimum atomic E-state index is -0.626. The maximum atomic E-state index is 12.2. The van der Waals surface area contributed by atoms with Crippen LogP contribution in [-0.2, 0) is 11.8 Å². The first-order valence-corrected chi connectivity index (χ1v) is 6.59. The molecule has 2 aromatic rings. The van der Waals surface area contributed by atoms with Crippen LogP contribution in [0.5, 0.6) is 5.88 Å². The van der Waals surface area contributed by atoms with Gasteiger partial charge >= 0.3 is 5.97 Å². The molecule has 9 heteroatoms. The molecule has 0 radical (unpaired) electrons. The Kier molecular flexibility index (Phi) is 4.44. The molecule has 0 saturated heterocycles. The van der Waals surface area contributed by atoms with Crippen LogP contribution in [-0.4, -0.2) is 45.6 Å². The lowest BCUT2D eigenvalue weighted by molar-refractivity contribution is 0.0594. The van der Waals surface area contributed by atoms with E-state index >= 15 is 0 Å². The summed E-state index contributed by atoms with van der Waals surface area (Å²) in [7, 11) is 2.92. The zero-order valence-electron chi connectivity index (χ0n) is 12.8. The van der Waals surface area contributed by atoms with Gasteiger partial charge in [0.05, 0.1) is 25.1 Å². The van der Waals surface area contributed by atoms with Crippen molar-refractivity contribution in [1.82, 2.24) is 20.0 Å². The van der Waals surface area contributed by atoms with Crippen LogP contribution >= 0.6 is 0 Å². The lowest BCUT2D eigenvalue weighted by Gasteiger charge is -2.04. The number of hydrogen-bond acceptors (Lipinski definition) is 6. The Hall–Kier alpha value is -2.84. The Morgan fingerprint density at radius 3 is 2.82 bits per heavy atom. The molecule has 0 saturated carbocycles. The number of carbonyl (C=O) groups is 2. The third-order valence-electron chi connectivity index (χ3n) is 3.04. The summed E-state index contributed by atoms with van der Waals surface area (Å²) >= 11 is 0. The van der Waals surface area contributed by atoms with Crippen LogP contribution in [0.25, 0.3) is 0 Å². The summed E-state index contributed by atoms with van der Waals surface area (Å²) in [4.78, 5) is 23.9. The van der Waals surface area contributed by atoms with Gasteiger partial charge in [0.2, 0.25) is 5.88 Å². The van der Waals surface area contributed by atoms with Crippen molar-refractivity contribution in [2.75, 3.05) is 19.0 Å². The number of nitrogens with one attached hydrogen (secondary N) is 2. The molecule has 0 aliphatic carbocycles. The minimum Gasteiger partial charge on any atom is -0.477 e. The number of esters is 1. The molecule has 1 amide bonds. The first-order chi connectivity index (χ1) is 10.5. The molecule has 22 heavy (non-hydrogen) atoms. The Bertz CT molecular complexity index is 703. The van der Waals surface area contributed by atoms with Gasteiger partial charge in [0.1, 0.15) is 5.69 Å². The summed E-state index contributed by atoms with van der Waals surface area (Å²) in [6, 6.07) is 1.47. The zero-order valence-corrected chi connectivity index (χ0v) is 12.8. The highest BCUT2D eigenvalue weighted by Gasteiger charge is 2.23. The van der Waals surface area contributed by atoms with E-state index in [1.54, 1.807) is 14.0 Å². The Morgan fingerprint density at radius 1 is 1.45 bits per heavy atom. The van der Waals surface area contributed by atoms with Crippen LogP contribution < -0.4 is 10.1 Å². The number of aromatic nitrogens is 4. The van der Waals surface area contributed by atoms with Crippen molar-refractivity contribution in [3.63, 3.8) is 0 Å². The number of amides is 1. The molecule has 0 aliphatic rings. The van der Waals surface area contributed by atoms with Crippen LogP contribution in [0.1, 0.15) is 33.6 Å². The van der Waals surface area contributed by atoms with Gasteiger partial charge in [0, 0.05) is 13.1 Å². The number of rotatable bonds is 5. The average Bonchev–Trinajstić information content (AvgIpc) is 3.07. The zero-order chi connectivity index (χ0) is 16.3. The van der Waals surface area contributed by atoms with Crippen LogP contribution in [0.3, 0.4) is 0 Å². The number of nitrogens with zero attached hydrogens (tertiary/aromatic N) is 3. The van der Waals surface area contributed by atoms with Crippen molar-refractivity contribution < 1.29 is 19.1 Å². The van der Waals surface area contributed by atoms with E-state index in [1.165, 1.54) is 17.9 Å². The summed E-state index contributed by atoms with van der Waals surface area (Å²) in [5.74, 6) is -0.762. The fourth-order valence-corrected chi connectivity index (χ4v) is 1.82. The number of H-pyrrole nitrogens is 1. The number of aryl methyl sites for hydroxylation is 1. The molecule has 2 aromatic heterocycles. The van der Waals surface area contributed by atoms with Gasteiger partial charge in [0.25, 0.3) is 5.91 Å². The molecule has 0 fully saturated rings. The third-order valence-corrected chi connectivity index (χ3v) is 3.04. The van der Waals surface area contributed by atoms with E-state index in [9.17, 15) is 9.59 Å². The van der Waals surface area contributed by atoms with Gasteiger partial charge in [-0.2, -0.15) is 5.10 Å². The van der Waals surface area contributed by atoms with Gasteiger partial charge in [-0.05, 0) is 13.8 Å². The first-order valence-electron chi connectivity index (χ1n) is 6.59. The summed E-state index contributed by atoms with van der Waals surface area (Å²) in [5.41, 5.74) is 1.17. The molecule has 0 aliphatic heterocycles. The second-order valence-corrected chi connectivity index (χ2v) is 4.43. The van der Waals surface area contributed by atoms with Gasteiger partial charge in [-0.25, -0.2) is 4.79 Å². The van der Waals surface area contributed by atoms with Gasteiger partial charge in [-0.15, -0.1) is 5.10 Å². The van der Waals surface area contributed by atoms with E-state index < -0.39 is 11.9 Å². The molecule has 0 atom stereocenters. The third kappa shape index (κ3) is 2.92. The van der Waals surface area contributed by atoms with Gasteiger partial charge in [-0.1, -0.05) is 0 Å². The van der Waals surface area contributed by atoms with Crippen LogP contribution in [0, 0.1) is 6.92 Å². The molecule has 2 N–H and O–H groups in total. The summed E-state index contributed by atoms with van der Waals surface area (Å²) in [5, 5.41) is 13.1. The monoisotopic (exact) mass is 307 g/mol. The molecule has 118 valence electrons. The van der Waals surface area contributed by atoms with E-state index in [0.717, 1.165) is 0 Å². The number of ether oxygens (including phenoxy) is 2. The number of methoxy groups -OCH3 is 1. The van der Waals surface area contributed by atoms with Crippen molar-refractivity contribution in [2.45, 2.75) is 13.8 Å². The minimum absolute atomic E-state index is 0.0420. The molecule has 0 spiro atoms. The fraction of sp³-hybridized carbons (Fsp3) is 0.385. The van der Waals surface area contributed by atoms with Crippen molar-refractivity contribution in [3.05, 3.63) is 23.1 Å². The predicted octanol–water partition coefficient (Wildman–Crippen LogP) is 0.889. The first kappa shape index (κ1) is 15.5. The highest BCUT2D eigenvalue weighted by molar-refractivity contribution is 6.07. The predicted molar refractivity (Wildman–Crippen MR) is 77.0 cm³/mol. The van der Waals surface area contributed by atoms with Crippen molar-refractivity contribution >= 4 is 17.6 Å². The maximum Gasteiger partial charge on any atom is 0.360 e. The summed E-state index contributed by atoms with van der Waals surface area (Å²) in [6.45, 7) is 3.99. The lowest BCUT2D eigenvalue weighted by atomic mass is 10.2. The van der Waals surface area contributed by atoms with Crippen molar-refractivity contribution in [2.24, 2.45) is 7.05 Å². The number of anilines is 1. The second-order valence-electron chi connectivity index (χ2n) is 4.43. The van der Waals surface area contributed by atoms with Crippen LogP contribution in [0.4, 0.5) is 5.69 Å². The lowest BCUT2D eigenvalue weighted by Crippen LogP contribution is -2.15. The molecule has 9 nitrogen and oxygen atoms in total. The maximum absolute atomic E-state index is 12.2. The smallest absolute Gasteiger partial charge is 0.360 e. The molecular weight excluding hydrogens is 290 g/mol. The highest BCUT2D eigenvalue weighted by atomic mass is 16.5. The molecule has 0 bridgehead atoms. The quantitative estimate of drug-likeness (QED) is 0.794. The molecule has 0 aromatic carbocycles. The van der Waals surface area contributed by atoms with Crippen molar-refractivity contribution in [3.8, 4) is 5.88 Å². The van der Waals surface area contributed by atoms with E-state index in [0.29, 0.717) is 23.9 Å². The number of hydrogen-bond donors (Lipinski definition) is 2.